The normalized spacial score (nSPS) is 22.0. The molecular weight excluding hydrogens is 585 g/mol. The molecule has 0 radical (unpaired) electrons. The molecule has 0 bridgehead atoms. The number of ether oxygens (including phenoxy) is 1. The lowest BCUT2D eigenvalue weighted by Gasteiger charge is -2.20. The molecule has 2 atom stereocenters. The van der Waals surface area contributed by atoms with Gasteiger partial charge in [0.25, 0.3) is 0 Å². The van der Waals surface area contributed by atoms with Gasteiger partial charge in [-0.1, -0.05) is 80.6 Å². The van der Waals surface area contributed by atoms with Crippen LogP contribution in [-0.4, -0.2) is 12.6 Å². The third kappa shape index (κ3) is 2.25. The summed E-state index contributed by atoms with van der Waals surface area (Å²) in [6, 6.07) is 26.3. The number of esters is 1. The molecule has 0 N–H and O–H groups in total. The van der Waals surface area contributed by atoms with E-state index in [1.807, 2.05) is 0 Å². The summed E-state index contributed by atoms with van der Waals surface area (Å²) in [6.45, 7) is 4.71. The lowest BCUT2D eigenvalue weighted by molar-refractivity contribution is -0.145. The lowest BCUT2D eigenvalue weighted by Crippen LogP contribution is -2.16. The second kappa shape index (κ2) is 7.22. The van der Waals surface area contributed by atoms with Crippen LogP contribution < -0.4 is 0 Å². The number of carbonyl (C=O) groups excluding carboxylic acids is 1. The first-order valence-electron chi connectivity index (χ1n) is 18.0. The van der Waals surface area contributed by atoms with Crippen molar-refractivity contribution in [3.8, 4) is 0 Å². The summed E-state index contributed by atoms with van der Waals surface area (Å²) in [6.07, 6.45) is 3.30. The molecule has 2 nitrogen and oxygen atoms in total. The van der Waals surface area contributed by atoms with Crippen molar-refractivity contribution in [1.82, 2.24) is 0 Å². The third-order valence-electron chi connectivity index (χ3n) is 13.8. The molecular formula is C46H30O2. The van der Waals surface area contributed by atoms with Gasteiger partial charge in [-0.05, 0) is 150 Å². The van der Waals surface area contributed by atoms with Crippen LogP contribution in [0.25, 0.3) is 86.2 Å². The zero-order chi connectivity index (χ0) is 31.1. The van der Waals surface area contributed by atoms with E-state index < -0.39 is 0 Å². The van der Waals surface area contributed by atoms with Gasteiger partial charge in [0.05, 0.1) is 6.61 Å². The minimum Gasteiger partial charge on any atom is -0.465 e. The first-order valence-corrected chi connectivity index (χ1v) is 18.0. The van der Waals surface area contributed by atoms with Crippen LogP contribution >= 0.6 is 0 Å². The molecule has 1 fully saturated rings. The Morgan fingerprint density at radius 3 is 1.62 bits per heavy atom. The molecule has 0 amide bonds. The van der Waals surface area contributed by atoms with Gasteiger partial charge in [0.2, 0.25) is 0 Å². The van der Waals surface area contributed by atoms with Crippen LogP contribution in [0.2, 0.25) is 0 Å². The fraction of sp³-hybridized carbons (Fsp3) is 0.239. The van der Waals surface area contributed by atoms with E-state index in [4.69, 9.17) is 4.74 Å². The molecule has 48 heavy (non-hydrogen) atoms. The van der Waals surface area contributed by atoms with Gasteiger partial charge in [0.1, 0.15) is 0 Å². The maximum absolute atomic E-state index is 13.3. The highest BCUT2D eigenvalue weighted by molar-refractivity contribution is 6.58. The summed E-state index contributed by atoms with van der Waals surface area (Å²) in [7, 11) is 0. The van der Waals surface area contributed by atoms with Crippen LogP contribution in [0.5, 0.6) is 0 Å². The van der Waals surface area contributed by atoms with Crippen molar-refractivity contribution in [2.75, 3.05) is 6.61 Å². The number of rotatable bonds is 6. The number of hydrogen-bond acceptors (Lipinski definition) is 2. The predicted molar refractivity (Wildman–Crippen MR) is 197 cm³/mol. The SMILES string of the molecule is CC(C)COC(=O)CCC1(c2ccccc2)C2c3cc4c5c6c(cc7ccc8cc9c%10c%11c(cc(c%12c3c5c(c%12%11)c3c6c7c8c%103)C21)C9)C4. The zero-order valence-electron chi connectivity index (χ0n) is 26.9. The number of carbonyl (C=O) groups is 1. The zero-order valence-corrected chi connectivity index (χ0v) is 26.9. The van der Waals surface area contributed by atoms with Crippen molar-refractivity contribution in [1.29, 1.82) is 0 Å². The van der Waals surface area contributed by atoms with E-state index in [2.05, 4.69) is 80.6 Å². The van der Waals surface area contributed by atoms with E-state index in [9.17, 15) is 4.79 Å². The standard InChI is InChI=1S/C46H30O2/c1-19(2)18-48-29(47)10-11-46(26-6-4-3-5-7-26)44-27-16-24-14-22-12-20-8-9-21-13-23-15-25-17-28(45(44)46)37-36(27)40-34(24)32(22)38-30(20)31(21)39-33(23)35(25)41(37)43(40)42(38)39/h3-9,12-13,16-17,19,44-45H,10-11,14-15,18H2,1-2H3. The molecule has 14 rings (SSSR count). The van der Waals surface area contributed by atoms with E-state index in [0.717, 1.165) is 19.3 Å². The molecule has 4 aliphatic carbocycles. The van der Waals surface area contributed by atoms with Crippen LogP contribution in [-0.2, 0) is 27.8 Å². The smallest absolute Gasteiger partial charge is 0.305 e. The van der Waals surface area contributed by atoms with E-state index >= 15 is 0 Å². The molecule has 2 unspecified atom stereocenters. The minimum atomic E-state index is -0.123. The molecule has 2 heteroatoms. The van der Waals surface area contributed by atoms with Crippen LogP contribution in [0.15, 0.2) is 66.7 Å². The molecule has 226 valence electrons. The fourth-order valence-electron chi connectivity index (χ4n) is 12.5. The Hall–Kier alpha value is -4.95. The molecule has 10 aromatic rings. The van der Waals surface area contributed by atoms with Gasteiger partial charge >= 0.3 is 5.97 Å². The first-order chi connectivity index (χ1) is 23.5. The summed E-state index contributed by atoms with van der Waals surface area (Å²) >= 11 is 0. The van der Waals surface area contributed by atoms with Crippen LogP contribution in [0.1, 0.15) is 77.5 Å². The Morgan fingerprint density at radius 1 is 0.625 bits per heavy atom. The van der Waals surface area contributed by atoms with Gasteiger partial charge in [-0.2, -0.15) is 0 Å². The molecule has 4 aliphatic rings. The monoisotopic (exact) mass is 614 g/mol. The van der Waals surface area contributed by atoms with Gasteiger partial charge in [-0.25, -0.2) is 0 Å². The first kappa shape index (κ1) is 24.2. The van der Waals surface area contributed by atoms with Crippen molar-refractivity contribution < 1.29 is 9.53 Å². The number of hydrogen-bond donors (Lipinski definition) is 0. The molecule has 0 heterocycles. The van der Waals surface area contributed by atoms with Crippen molar-refractivity contribution in [3.05, 3.63) is 106 Å². The molecule has 0 saturated heterocycles. The van der Waals surface area contributed by atoms with Crippen molar-refractivity contribution in [2.45, 2.75) is 56.8 Å². The van der Waals surface area contributed by atoms with Gasteiger partial charge < -0.3 is 4.74 Å². The van der Waals surface area contributed by atoms with E-state index in [0.29, 0.717) is 30.8 Å². The van der Waals surface area contributed by atoms with Gasteiger partial charge in [-0.15, -0.1) is 0 Å². The molecule has 0 aromatic heterocycles. The number of fused-ring (bicyclic) bond motifs is 3. The summed E-state index contributed by atoms with van der Waals surface area (Å²) in [5.41, 5.74) is 10.4. The highest BCUT2D eigenvalue weighted by Crippen LogP contribution is 2.78. The summed E-state index contributed by atoms with van der Waals surface area (Å²) in [4.78, 5) is 13.3. The van der Waals surface area contributed by atoms with E-state index in [1.165, 1.54) is 60.1 Å². The number of benzene rings is 8. The quantitative estimate of drug-likeness (QED) is 0.138. The van der Waals surface area contributed by atoms with E-state index in [-0.39, 0.29) is 11.4 Å². The fourth-order valence-corrected chi connectivity index (χ4v) is 12.5. The second-order valence-electron chi connectivity index (χ2n) is 16.4. The Balaban J connectivity index is 1.15. The van der Waals surface area contributed by atoms with Crippen LogP contribution in [0.4, 0.5) is 0 Å². The Bertz CT molecular complexity index is 2940. The summed E-state index contributed by atoms with van der Waals surface area (Å²) in [5.74, 6) is 1.00. The minimum absolute atomic E-state index is 0.0557. The van der Waals surface area contributed by atoms with Crippen molar-refractivity contribution in [3.63, 3.8) is 0 Å². The third-order valence-corrected chi connectivity index (χ3v) is 13.8. The molecule has 10 aromatic carbocycles. The van der Waals surface area contributed by atoms with Crippen LogP contribution in [0, 0.1) is 5.92 Å². The van der Waals surface area contributed by atoms with Gasteiger partial charge in [0.15, 0.2) is 0 Å². The molecule has 0 spiro atoms. The topological polar surface area (TPSA) is 26.3 Å². The second-order valence-corrected chi connectivity index (χ2v) is 16.4. The molecule has 1 saturated carbocycles. The predicted octanol–water partition coefficient (Wildman–Crippen LogP) is 11.0. The van der Waals surface area contributed by atoms with Crippen LogP contribution in [0.3, 0.4) is 0 Å². The largest absolute Gasteiger partial charge is 0.465 e. The summed E-state index contributed by atoms with van der Waals surface area (Å²) in [5, 5.41) is 24.4. The average molecular weight is 615 g/mol. The Labute approximate surface area is 275 Å². The van der Waals surface area contributed by atoms with Crippen molar-refractivity contribution >= 4 is 92.1 Å². The van der Waals surface area contributed by atoms with Gasteiger partial charge in [0, 0.05) is 23.7 Å². The van der Waals surface area contributed by atoms with Crippen molar-refractivity contribution in [2.24, 2.45) is 5.92 Å². The lowest BCUT2D eigenvalue weighted by atomic mass is 9.84. The Morgan fingerprint density at radius 2 is 1.10 bits per heavy atom. The Kier molecular flexibility index (Phi) is 3.65. The van der Waals surface area contributed by atoms with Gasteiger partial charge in [-0.3, -0.25) is 4.79 Å². The highest BCUT2D eigenvalue weighted by atomic mass is 16.5. The average Bonchev–Trinajstić information content (AvgIpc) is 3.44. The highest BCUT2D eigenvalue weighted by Gasteiger charge is 2.68. The maximum Gasteiger partial charge on any atom is 0.305 e. The maximum atomic E-state index is 13.3. The molecule has 0 aliphatic heterocycles. The summed E-state index contributed by atoms with van der Waals surface area (Å²) < 4.78 is 5.78. The van der Waals surface area contributed by atoms with E-state index in [1.54, 1.807) is 65.0 Å².